The molecule has 17 heavy (non-hydrogen) atoms. The topological polar surface area (TPSA) is 28.2 Å². The van der Waals surface area contributed by atoms with Crippen LogP contribution in [0.1, 0.15) is 12.8 Å². The van der Waals surface area contributed by atoms with E-state index >= 15 is 0 Å². The minimum absolute atomic E-state index is 0.559. The molecule has 0 unspecified atom stereocenters. The van der Waals surface area contributed by atoms with Gasteiger partial charge >= 0.3 is 0 Å². The molecular weight excluding hydrogens is 234 g/mol. The number of anilines is 1. The molecule has 92 valence electrons. The molecule has 0 saturated carbocycles. The molecule has 1 aromatic heterocycles. The van der Waals surface area contributed by atoms with Gasteiger partial charge in [-0.2, -0.15) is 0 Å². The Morgan fingerprint density at radius 3 is 2.65 bits per heavy atom. The molecule has 1 aliphatic heterocycles. The Morgan fingerprint density at radius 2 is 2.06 bits per heavy atom. The van der Waals surface area contributed by atoms with Crippen molar-refractivity contribution in [3.05, 3.63) is 36.1 Å². The van der Waals surface area contributed by atoms with Crippen molar-refractivity contribution >= 4 is 17.3 Å². The van der Waals surface area contributed by atoms with Crippen LogP contribution in [0.25, 0.3) is 0 Å². The van der Waals surface area contributed by atoms with Crippen molar-refractivity contribution in [2.75, 3.05) is 24.5 Å². The largest absolute Gasteiger partial charge is 0.371 e. The fourth-order valence-electron chi connectivity index (χ4n) is 2.15. The van der Waals surface area contributed by atoms with Gasteiger partial charge in [0.1, 0.15) is 0 Å². The molecule has 1 fully saturated rings. The Labute approximate surface area is 107 Å². The highest BCUT2D eigenvalue weighted by atomic mass is 35.5. The van der Waals surface area contributed by atoms with Gasteiger partial charge in [0.25, 0.3) is 0 Å². The highest BCUT2D eigenvalue weighted by Gasteiger charge is 2.18. The molecule has 0 aliphatic carbocycles. The third kappa shape index (κ3) is 3.72. The van der Waals surface area contributed by atoms with E-state index in [9.17, 15) is 0 Å². The van der Waals surface area contributed by atoms with Crippen LogP contribution in [-0.4, -0.2) is 30.7 Å². The second-order valence-corrected chi connectivity index (χ2v) is 4.90. The van der Waals surface area contributed by atoms with Gasteiger partial charge in [-0.1, -0.05) is 18.2 Å². The van der Waals surface area contributed by atoms with Crippen LogP contribution in [0.5, 0.6) is 0 Å². The third-order valence-electron chi connectivity index (χ3n) is 3.11. The number of hydrogen-bond donors (Lipinski definition) is 1. The zero-order valence-electron chi connectivity index (χ0n) is 9.90. The Kier molecular flexibility index (Phi) is 4.40. The first kappa shape index (κ1) is 12.4. The fraction of sp³-hybridized carbons (Fsp3) is 0.462. The number of nitrogens with zero attached hydrogens (tertiary/aromatic N) is 2. The normalized spacial score (nSPS) is 17.1. The van der Waals surface area contributed by atoms with Crippen molar-refractivity contribution in [2.24, 2.45) is 0 Å². The number of aromatic nitrogens is 1. The molecule has 0 atom stereocenters. The lowest BCUT2D eigenvalue weighted by Crippen LogP contribution is -2.42. The van der Waals surface area contributed by atoms with Gasteiger partial charge in [-0.3, -0.25) is 4.98 Å². The van der Waals surface area contributed by atoms with Gasteiger partial charge in [0, 0.05) is 48.8 Å². The van der Waals surface area contributed by atoms with Gasteiger partial charge in [-0.15, -0.1) is 0 Å². The molecule has 2 rings (SSSR count). The SMILES string of the molecule is C=C(Cl)CNC1CCN(c2ccncc2)CC1. The van der Waals surface area contributed by atoms with Crippen molar-refractivity contribution in [2.45, 2.75) is 18.9 Å². The minimum atomic E-state index is 0.559. The lowest BCUT2D eigenvalue weighted by Gasteiger charge is -2.34. The molecule has 3 nitrogen and oxygen atoms in total. The number of rotatable bonds is 4. The smallest absolute Gasteiger partial charge is 0.0397 e. The molecule has 1 saturated heterocycles. The van der Waals surface area contributed by atoms with E-state index in [4.69, 9.17) is 11.6 Å². The highest BCUT2D eigenvalue weighted by molar-refractivity contribution is 6.29. The van der Waals surface area contributed by atoms with Crippen molar-refractivity contribution in [1.29, 1.82) is 0 Å². The maximum Gasteiger partial charge on any atom is 0.0397 e. The summed E-state index contributed by atoms with van der Waals surface area (Å²) in [7, 11) is 0. The van der Waals surface area contributed by atoms with E-state index in [1.165, 1.54) is 5.69 Å². The predicted molar refractivity (Wildman–Crippen MR) is 72.5 cm³/mol. The molecule has 0 amide bonds. The maximum absolute atomic E-state index is 5.75. The first-order chi connectivity index (χ1) is 8.25. The summed E-state index contributed by atoms with van der Waals surface area (Å²) in [6.07, 6.45) is 5.98. The third-order valence-corrected chi connectivity index (χ3v) is 3.24. The predicted octanol–water partition coefficient (Wildman–Crippen LogP) is 2.39. The number of hydrogen-bond acceptors (Lipinski definition) is 3. The van der Waals surface area contributed by atoms with E-state index in [0.29, 0.717) is 17.6 Å². The van der Waals surface area contributed by atoms with Gasteiger partial charge in [0.05, 0.1) is 0 Å². The van der Waals surface area contributed by atoms with E-state index in [-0.39, 0.29) is 0 Å². The standard InChI is InChI=1S/C13H18ClN3/c1-11(14)10-16-12-4-8-17(9-5-12)13-2-6-15-7-3-13/h2-3,6-7,12,16H,1,4-5,8-10H2. The van der Waals surface area contributed by atoms with E-state index in [0.717, 1.165) is 25.9 Å². The van der Waals surface area contributed by atoms with Crippen molar-refractivity contribution in [3.8, 4) is 0 Å². The minimum Gasteiger partial charge on any atom is -0.371 e. The average molecular weight is 252 g/mol. The van der Waals surface area contributed by atoms with Crippen LogP contribution in [0.2, 0.25) is 0 Å². The first-order valence-electron chi connectivity index (χ1n) is 5.97. The molecule has 0 bridgehead atoms. The summed E-state index contributed by atoms with van der Waals surface area (Å²) in [5, 5.41) is 4.10. The van der Waals surface area contributed by atoms with Crippen LogP contribution in [0.4, 0.5) is 5.69 Å². The summed E-state index contributed by atoms with van der Waals surface area (Å²) in [5.74, 6) is 0. The summed E-state index contributed by atoms with van der Waals surface area (Å²) >= 11 is 5.75. The summed E-state index contributed by atoms with van der Waals surface area (Å²) < 4.78 is 0. The second kappa shape index (κ2) is 6.03. The Bertz CT molecular complexity index is 358. The van der Waals surface area contributed by atoms with Gasteiger partial charge < -0.3 is 10.2 Å². The van der Waals surface area contributed by atoms with Crippen LogP contribution < -0.4 is 10.2 Å². The molecule has 4 heteroatoms. The van der Waals surface area contributed by atoms with Crippen LogP contribution in [0.3, 0.4) is 0 Å². The fourth-order valence-corrected chi connectivity index (χ4v) is 2.23. The quantitative estimate of drug-likeness (QED) is 0.891. The maximum atomic E-state index is 5.75. The molecule has 0 spiro atoms. The van der Waals surface area contributed by atoms with Crippen LogP contribution in [-0.2, 0) is 0 Å². The number of piperidine rings is 1. The lowest BCUT2D eigenvalue weighted by atomic mass is 10.0. The van der Waals surface area contributed by atoms with Gasteiger partial charge in [0.2, 0.25) is 0 Å². The Balaban J connectivity index is 1.80. The number of halogens is 1. The van der Waals surface area contributed by atoms with E-state index < -0.39 is 0 Å². The molecule has 1 aromatic rings. The zero-order valence-corrected chi connectivity index (χ0v) is 10.7. The van der Waals surface area contributed by atoms with Crippen molar-refractivity contribution in [3.63, 3.8) is 0 Å². The summed E-state index contributed by atoms with van der Waals surface area (Å²) in [6, 6.07) is 4.69. The monoisotopic (exact) mass is 251 g/mol. The van der Waals surface area contributed by atoms with Gasteiger partial charge in [0.15, 0.2) is 0 Å². The highest BCUT2D eigenvalue weighted by Crippen LogP contribution is 2.18. The molecule has 2 heterocycles. The number of nitrogens with one attached hydrogen (secondary N) is 1. The Morgan fingerprint density at radius 1 is 1.41 bits per heavy atom. The van der Waals surface area contributed by atoms with E-state index in [1.807, 2.05) is 12.4 Å². The van der Waals surface area contributed by atoms with Gasteiger partial charge in [-0.25, -0.2) is 0 Å². The van der Waals surface area contributed by atoms with Crippen LogP contribution in [0, 0.1) is 0 Å². The Hall–Kier alpha value is -1.06. The molecular formula is C13H18ClN3. The molecule has 1 aliphatic rings. The van der Waals surface area contributed by atoms with E-state index in [2.05, 4.69) is 33.9 Å². The molecule has 1 N–H and O–H groups in total. The van der Waals surface area contributed by atoms with E-state index in [1.54, 1.807) is 0 Å². The van der Waals surface area contributed by atoms with Crippen molar-refractivity contribution < 1.29 is 0 Å². The second-order valence-electron chi connectivity index (χ2n) is 4.36. The van der Waals surface area contributed by atoms with Crippen LogP contribution in [0.15, 0.2) is 36.1 Å². The first-order valence-corrected chi connectivity index (χ1v) is 6.35. The average Bonchev–Trinajstić information content (AvgIpc) is 2.38. The van der Waals surface area contributed by atoms with Crippen LogP contribution >= 0.6 is 11.6 Å². The summed E-state index contributed by atoms with van der Waals surface area (Å²) in [6.45, 7) is 6.56. The number of pyridine rings is 1. The summed E-state index contributed by atoms with van der Waals surface area (Å²) in [4.78, 5) is 6.44. The van der Waals surface area contributed by atoms with Gasteiger partial charge in [-0.05, 0) is 25.0 Å². The molecule has 0 aromatic carbocycles. The summed E-state index contributed by atoms with van der Waals surface area (Å²) in [5.41, 5.74) is 1.26. The van der Waals surface area contributed by atoms with Crippen molar-refractivity contribution in [1.82, 2.24) is 10.3 Å². The molecule has 0 radical (unpaired) electrons. The zero-order chi connectivity index (χ0) is 12.1. The lowest BCUT2D eigenvalue weighted by molar-refractivity contribution is 0.429.